The predicted octanol–water partition coefficient (Wildman–Crippen LogP) is -0.594. The minimum Gasteiger partial charge on any atom is -0.479 e. The van der Waals surface area contributed by atoms with Gasteiger partial charge >= 0.3 is 11.9 Å². The molecule has 2 aromatic heterocycles. The largest absolute Gasteiger partial charge is 0.479 e. The monoisotopic (exact) mass is 445 g/mol. The Hall–Kier alpha value is -2.58. The van der Waals surface area contributed by atoms with Crippen LogP contribution in [0.4, 0.5) is 5.82 Å². The first kappa shape index (κ1) is 22.1. The van der Waals surface area contributed by atoms with Crippen molar-refractivity contribution in [3.8, 4) is 0 Å². The van der Waals surface area contributed by atoms with E-state index in [1.807, 2.05) is 0 Å². The Morgan fingerprint density at radius 3 is 2.67 bits per heavy atom. The van der Waals surface area contributed by atoms with E-state index < -0.39 is 48.7 Å². The fourth-order valence-electron chi connectivity index (χ4n) is 3.44. The number of hydrogen-bond acceptors (Lipinski definition) is 10. The highest BCUT2D eigenvalue weighted by atomic mass is 35.5. The zero-order valence-corrected chi connectivity index (χ0v) is 16.4. The zero-order valence-electron chi connectivity index (χ0n) is 15.7. The summed E-state index contributed by atoms with van der Waals surface area (Å²) in [7, 11) is 0. The summed E-state index contributed by atoms with van der Waals surface area (Å²) in [4.78, 5) is 34.0. The second kappa shape index (κ2) is 8.28. The van der Waals surface area contributed by atoms with E-state index in [1.165, 1.54) is 10.9 Å². The number of aliphatic hydroxyl groups excluding tert-OH is 1. The molecule has 4 atom stereocenters. The van der Waals surface area contributed by atoms with Crippen LogP contribution >= 0.6 is 11.6 Å². The van der Waals surface area contributed by atoms with Crippen molar-refractivity contribution in [1.29, 1.82) is 0 Å². The van der Waals surface area contributed by atoms with Crippen LogP contribution in [-0.4, -0.2) is 82.4 Å². The molecule has 164 valence electrons. The number of aromatic nitrogens is 4. The molecule has 1 aliphatic rings. The van der Waals surface area contributed by atoms with Crippen LogP contribution in [0.15, 0.2) is 6.33 Å². The maximum atomic E-state index is 11.1. The number of aliphatic hydroxyl groups is 2. The minimum atomic E-state index is -2.16. The molecule has 0 amide bonds. The highest BCUT2D eigenvalue weighted by molar-refractivity contribution is 6.28. The zero-order chi connectivity index (χ0) is 22.2. The Kier molecular flexibility index (Phi) is 6.10. The van der Waals surface area contributed by atoms with Crippen LogP contribution in [0.2, 0.25) is 5.28 Å². The number of carbonyl (C=O) groups is 2. The Bertz CT molecular complexity index is 957. The van der Waals surface area contributed by atoms with E-state index in [0.29, 0.717) is 6.42 Å². The molecule has 1 aliphatic heterocycles. The normalized spacial score (nSPS) is 26.5. The van der Waals surface area contributed by atoms with Crippen molar-refractivity contribution in [2.45, 2.75) is 49.9 Å². The fourth-order valence-corrected chi connectivity index (χ4v) is 3.61. The third kappa shape index (κ3) is 3.77. The number of aliphatic carboxylic acids is 2. The molecule has 2 aromatic rings. The molecule has 30 heavy (non-hydrogen) atoms. The Labute approximate surface area is 174 Å². The van der Waals surface area contributed by atoms with Crippen LogP contribution in [0.5, 0.6) is 0 Å². The molecule has 1 saturated heterocycles. The maximum absolute atomic E-state index is 11.1. The molecule has 13 nitrogen and oxygen atoms in total. The predicted molar refractivity (Wildman–Crippen MR) is 99.5 cm³/mol. The van der Waals surface area contributed by atoms with Crippen molar-refractivity contribution in [2.75, 3.05) is 12.3 Å². The van der Waals surface area contributed by atoms with Gasteiger partial charge in [-0.05, 0) is 18.0 Å². The van der Waals surface area contributed by atoms with Crippen molar-refractivity contribution in [1.82, 2.24) is 19.5 Å². The molecule has 0 unspecified atom stereocenters. The van der Waals surface area contributed by atoms with Crippen LogP contribution in [0.25, 0.3) is 11.2 Å². The van der Waals surface area contributed by atoms with Crippen molar-refractivity contribution in [3.05, 3.63) is 11.6 Å². The van der Waals surface area contributed by atoms with Gasteiger partial charge in [-0.25, -0.2) is 14.6 Å². The lowest BCUT2D eigenvalue weighted by Crippen LogP contribution is -2.50. The van der Waals surface area contributed by atoms with Gasteiger partial charge in [0.15, 0.2) is 17.7 Å². The van der Waals surface area contributed by atoms with Crippen LogP contribution in [0, 0.1) is 0 Å². The number of anilines is 1. The van der Waals surface area contributed by atoms with Gasteiger partial charge in [0.25, 0.3) is 6.10 Å². The van der Waals surface area contributed by atoms with Gasteiger partial charge in [0, 0.05) is 0 Å². The molecule has 1 fully saturated rings. The number of fused-ring (bicyclic) bond motifs is 1. The molecule has 0 radical (unpaired) electrons. The summed E-state index contributed by atoms with van der Waals surface area (Å²) in [5.41, 5.74) is 4.26. The van der Waals surface area contributed by atoms with Crippen LogP contribution in [0.3, 0.4) is 0 Å². The second-order valence-electron chi connectivity index (χ2n) is 6.79. The topological polar surface area (TPSA) is 203 Å². The van der Waals surface area contributed by atoms with E-state index in [9.17, 15) is 19.8 Å². The van der Waals surface area contributed by atoms with Crippen LogP contribution in [-0.2, 0) is 19.1 Å². The molecule has 0 aliphatic carbocycles. The SMILES string of the molecule is CCC[C@@]1(O)[C@@H](COC(C(=O)O)C(=O)O)O[C@@H](n2cnc3c(N)nc(Cl)nc32)[C@@H]1O. The number of imidazole rings is 1. The van der Waals surface area contributed by atoms with Crippen molar-refractivity contribution in [2.24, 2.45) is 0 Å². The van der Waals surface area contributed by atoms with E-state index in [-0.39, 0.29) is 28.7 Å². The molecule has 0 aromatic carbocycles. The first-order valence-electron chi connectivity index (χ1n) is 8.88. The number of ether oxygens (including phenoxy) is 2. The summed E-state index contributed by atoms with van der Waals surface area (Å²) < 4.78 is 12.0. The Balaban J connectivity index is 1.93. The number of carboxylic acids is 2. The molecular formula is C16H20ClN5O8. The van der Waals surface area contributed by atoms with E-state index in [0.717, 1.165) is 0 Å². The lowest BCUT2D eigenvalue weighted by Gasteiger charge is -2.30. The second-order valence-corrected chi connectivity index (χ2v) is 7.13. The molecule has 0 bridgehead atoms. The Morgan fingerprint density at radius 1 is 1.40 bits per heavy atom. The van der Waals surface area contributed by atoms with Crippen molar-refractivity contribution >= 4 is 40.5 Å². The van der Waals surface area contributed by atoms with Gasteiger partial charge in [0.05, 0.1) is 12.9 Å². The number of carboxylic acid groups (broad SMARTS) is 2. The lowest BCUT2D eigenvalue weighted by molar-refractivity contribution is -0.173. The highest BCUT2D eigenvalue weighted by Gasteiger charge is 2.56. The first-order valence-corrected chi connectivity index (χ1v) is 9.26. The van der Waals surface area contributed by atoms with Gasteiger partial charge in [-0.1, -0.05) is 13.3 Å². The fraction of sp³-hybridized carbons (Fsp3) is 0.562. The number of nitrogen functional groups attached to an aromatic ring is 1. The van der Waals surface area contributed by atoms with Gasteiger partial charge in [-0.2, -0.15) is 9.97 Å². The summed E-state index contributed by atoms with van der Waals surface area (Å²) in [6.45, 7) is 1.16. The van der Waals surface area contributed by atoms with Gasteiger partial charge in [0.2, 0.25) is 5.28 Å². The number of hydrogen-bond donors (Lipinski definition) is 5. The highest BCUT2D eigenvalue weighted by Crippen LogP contribution is 2.41. The molecule has 3 rings (SSSR count). The van der Waals surface area contributed by atoms with Gasteiger partial charge < -0.3 is 35.6 Å². The summed E-state index contributed by atoms with van der Waals surface area (Å²) >= 11 is 5.85. The number of rotatable bonds is 8. The van der Waals surface area contributed by atoms with Crippen LogP contribution in [0.1, 0.15) is 26.0 Å². The lowest BCUT2D eigenvalue weighted by atomic mass is 9.87. The molecule has 6 N–H and O–H groups in total. The molecule has 0 saturated carbocycles. The third-order valence-corrected chi connectivity index (χ3v) is 5.02. The van der Waals surface area contributed by atoms with Crippen molar-refractivity contribution in [3.63, 3.8) is 0 Å². The number of halogens is 1. The standard InChI is InChI=1S/C16H20ClN5O8/c1-2-3-16(28)6(4-29-8(13(24)25)14(26)27)30-12(9(16)23)22-5-19-7-10(18)20-15(17)21-11(7)22/h5-6,8-9,12,23,28H,2-4H2,1H3,(H,24,25)(H,26,27)(H2,18,20,21)/t6-,9+,12-,16-/m1/s1. The summed E-state index contributed by atoms with van der Waals surface area (Å²) in [6.07, 6.45) is -4.35. The van der Waals surface area contributed by atoms with E-state index >= 15 is 0 Å². The number of nitrogens with zero attached hydrogens (tertiary/aromatic N) is 4. The van der Waals surface area contributed by atoms with E-state index in [4.69, 9.17) is 37.0 Å². The first-order chi connectivity index (χ1) is 14.1. The number of nitrogens with two attached hydrogens (primary N) is 1. The van der Waals surface area contributed by atoms with E-state index in [2.05, 4.69) is 15.0 Å². The summed E-state index contributed by atoms with van der Waals surface area (Å²) in [6, 6.07) is 0. The van der Waals surface area contributed by atoms with Crippen LogP contribution < -0.4 is 5.73 Å². The van der Waals surface area contributed by atoms with Gasteiger partial charge in [-0.3, -0.25) is 4.57 Å². The van der Waals surface area contributed by atoms with Crippen molar-refractivity contribution < 1.29 is 39.5 Å². The average Bonchev–Trinajstić information content (AvgIpc) is 3.16. The van der Waals surface area contributed by atoms with Gasteiger partial charge in [-0.15, -0.1) is 0 Å². The van der Waals surface area contributed by atoms with E-state index in [1.54, 1.807) is 6.92 Å². The van der Waals surface area contributed by atoms with Gasteiger partial charge in [0.1, 0.15) is 23.3 Å². The summed E-state index contributed by atoms with van der Waals surface area (Å²) in [5, 5.41) is 39.7. The molecule has 0 spiro atoms. The molecular weight excluding hydrogens is 426 g/mol. The Morgan fingerprint density at radius 2 is 2.07 bits per heavy atom. The quantitative estimate of drug-likeness (QED) is 0.255. The minimum absolute atomic E-state index is 0.00528. The summed E-state index contributed by atoms with van der Waals surface area (Å²) in [5.74, 6) is -3.41. The maximum Gasteiger partial charge on any atom is 0.344 e. The average molecular weight is 446 g/mol. The smallest absolute Gasteiger partial charge is 0.344 e. The molecule has 3 heterocycles. The molecule has 14 heteroatoms. The third-order valence-electron chi connectivity index (χ3n) is 4.85.